The molecule has 2 aromatic rings. The minimum Gasteiger partial charge on any atom is -0.337 e. The number of amides is 1. The molecule has 0 aliphatic heterocycles. The van der Waals surface area contributed by atoms with Gasteiger partial charge >= 0.3 is 0 Å². The van der Waals surface area contributed by atoms with E-state index >= 15 is 0 Å². The number of nitrogens with one attached hydrogen (secondary N) is 1. The third kappa shape index (κ3) is 4.07. The number of nitriles is 1. The van der Waals surface area contributed by atoms with E-state index in [2.05, 4.69) is 26.9 Å². The number of thioether (sulfide) groups is 1. The van der Waals surface area contributed by atoms with Gasteiger partial charge in [-0.1, -0.05) is 43.8 Å². The summed E-state index contributed by atoms with van der Waals surface area (Å²) in [4.78, 5) is 12.1. The van der Waals surface area contributed by atoms with Crippen LogP contribution in [0.4, 0.5) is 0 Å². The van der Waals surface area contributed by atoms with E-state index in [9.17, 15) is 10.1 Å². The van der Waals surface area contributed by atoms with Crippen molar-refractivity contribution in [2.75, 3.05) is 5.75 Å². The monoisotopic (exact) mass is 330 g/mol. The number of benzene rings is 1. The lowest BCUT2D eigenvalue weighted by molar-refractivity contribution is -0.120. The van der Waals surface area contributed by atoms with Crippen molar-refractivity contribution in [2.45, 2.75) is 31.5 Å². The molecule has 1 N–H and O–H groups in total. The number of rotatable bonds is 6. The normalized spacial score (nSPS) is 13.3. The van der Waals surface area contributed by atoms with Crippen LogP contribution in [0.1, 0.15) is 20.8 Å². The first-order valence-corrected chi connectivity index (χ1v) is 8.13. The van der Waals surface area contributed by atoms with E-state index in [0.717, 1.165) is 5.69 Å². The van der Waals surface area contributed by atoms with Crippen LogP contribution in [0.25, 0.3) is 5.69 Å². The number of hydrogen-bond donors (Lipinski definition) is 1. The second-order valence-corrected chi connectivity index (χ2v) is 6.46. The lowest BCUT2D eigenvalue weighted by Crippen LogP contribution is -2.49. The molecule has 0 fully saturated rings. The number of nitrogens with zero attached hydrogens (tertiary/aromatic N) is 5. The van der Waals surface area contributed by atoms with Crippen molar-refractivity contribution in [3.05, 3.63) is 30.3 Å². The van der Waals surface area contributed by atoms with Crippen LogP contribution in [0.2, 0.25) is 0 Å². The average molecular weight is 330 g/mol. The van der Waals surface area contributed by atoms with Gasteiger partial charge in [0.05, 0.1) is 17.5 Å². The van der Waals surface area contributed by atoms with Crippen LogP contribution in [0.3, 0.4) is 0 Å². The molecule has 0 spiro atoms. The van der Waals surface area contributed by atoms with E-state index in [4.69, 9.17) is 0 Å². The highest BCUT2D eigenvalue weighted by molar-refractivity contribution is 7.99. The number of carbonyl (C=O) groups is 1. The Hall–Kier alpha value is -2.40. The smallest absolute Gasteiger partial charge is 0.231 e. The zero-order chi connectivity index (χ0) is 16.9. The van der Waals surface area contributed by atoms with Crippen LogP contribution < -0.4 is 5.32 Å². The summed E-state index contributed by atoms with van der Waals surface area (Å²) in [7, 11) is 0. The number of carbonyl (C=O) groups excluding carboxylic acids is 1. The highest BCUT2D eigenvalue weighted by Crippen LogP contribution is 2.19. The van der Waals surface area contributed by atoms with Gasteiger partial charge in [-0.05, 0) is 35.4 Å². The lowest BCUT2D eigenvalue weighted by atomic mass is 9.90. The van der Waals surface area contributed by atoms with E-state index in [-0.39, 0.29) is 17.6 Å². The summed E-state index contributed by atoms with van der Waals surface area (Å²) in [6, 6.07) is 11.6. The predicted molar refractivity (Wildman–Crippen MR) is 86.9 cm³/mol. The molecule has 1 heterocycles. The second-order valence-electron chi connectivity index (χ2n) is 5.51. The number of hydrogen-bond acceptors (Lipinski definition) is 6. The van der Waals surface area contributed by atoms with Crippen molar-refractivity contribution in [1.29, 1.82) is 5.26 Å². The molecule has 120 valence electrons. The van der Waals surface area contributed by atoms with Gasteiger partial charge in [-0.2, -0.15) is 9.94 Å². The first-order chi connectivity index (χ1) is 11.0. The average Bonchev–Trinajstić information content (AvgIpc) is 3.02. The van der Waals surface area contributed by atoms with Crippen LogP contribution in [0, 0.1) is 17.2 Å². The number of aromatic nitrogens is 4. The van der Waals surface area contributed by atoms with Crippen molar-refractivity contribution in [2.24, 2.45) is 5.92 Å². The van der Waals surface area contributed by atoms with Gasteiger partial charge in [-0.25, -0.2) is 0 Å². The maximum Gasteiger partial charge on any atom is 0.231 e. The summed E-state index contributed by atoms with van der Waals surface area (Å²) in [6.45, 7) is 5.51. The standard InChI is InChI=1S/C15H18N6OS/c1-11(2)15(3,10-16)17-13(22)9-23-14-18-19-20-21(14)12-7-5-4-6-8-12/h4-8,11H,9H2,1-3H3,(H,17,22). The summed E-state index contributed by atoms with van der Waals surface area (Å²) >= 11 is 1.22. The quantitative estimate of drug-likeness (QED) is 0.811. The Morgan fingerprint density at radius 1 is 1.43 bits per heavy atom. The van der Waals surface area contributed by atoms with Gasteiger partial charge in [-0.15, -0.1) is 5.10 Å². The van der Waals surface area contributed by atoms with Crippen molar-refractivity contribution in [3.8, 4) is 11.8 Å². The van der Waals surface area contributed by atoms with E-state index < -0.39 is 5.54 Å². The minimum atomic E-state index is -0.886. The summed E-state index contributed by atoms with van der Waals surface area (Å²) < 4.78 is 1.57. The Bertz CT molecular complexity index is 708. The summed E-state index contributed by atoms with van der Waals surface area (Å²) in [5.74, 6) is -0.0801. The van der Waals surface area contributed by atoms with Crippen molar-refractivity contribution >= 4 is 17.7 Å². The first-order valence-electron chi connectivity index (χ1n) is 7.15. The molecule has 0 saturated carbocycles. The molecule has 2 rings (SSSR count). The zero-order valence-corrected chi connectivity index (χ0v) is 14.0. The third-order valence-electron chi connectivity index (χ3n) is 3.56. The second kappa shape index (κ2) is 7.24. The van der Waals surface area contributed by atoms with Crippen molar-refractivity contribution in [3.63, 3.8) is 0 Å². The SMILES string of the molecule is CC(C)C(C)(C#N)NC(=O)CSc1nnnn1-c1ccccc1. The molecular formula is C15H18N6OS. The molecule has 0 aliphatic carbocycles. The Morgan fingerprint density at radius 2 is 2.13 bits per heavy atom. The fourth-order valence-electron chi connectivity index (χ4n) is 1.76. The van der Waals surface area contributed by atoms with Gasteiger partial charge < -0.3 is 5.32 Å². The molecule has 0 aliphatic rings. The maximum absolute atomic E-state index is 12.1. The molecule has 1 aromatic heterocycles. The molecule has 0 radical (unpaired) electrons. The van der Waals surface area contributed by atoms with Crippen LogP contribution >= 0.6 is 11.8 Å². The van der Waals surface area contributed by atoms with Crippen LogP contribution in [-0.4, -0.2) is 37.4 Å². The van der Waals surface area contributed by atoms with E-state index in [1.54, 1.807) is 11.6 Å². The minimum absolute atomic E-state index is 0.0103. The van der Waals surface area contributed by atoms with Crippen molar-refractivity contribution < 1.29 is 4.79 Å². The van der Waals surface area contributed by atoms with Gasteiger partial charge in [0.25, 0.3) is 0 Å². The Morgan fingerprint density at radius 3 is 2.74 bits per heavy atom. The van der Waals surface area contributed by atoms with Crippen molar-refractivity contribution in [1.82, 2.24) is 25.5 Å². The topological polar surface area (TPSA) is 96.5 Å². The van der Waals surface area contributed by atoms with Gasteiger partial charge in [0.1, 0.15) is 5.54 Å². The molecule has 8 heteroatoms. The number of tetrazole rings is 1. The fraction of sp³-hybridized carbons (Fsp3) is 0.400. The van der Waals surface area contributed by atoms with E-state index in [1.165, 1.54) is 11.8 Å². The van der Waals surface area contributed by atoms with E-state index in [0.29, 0.717) is 5.16 Å². The molecule has 1 amide bonds. The molecule has 7 nitrogen and oxygen atoms in total. The van der Waals surface area contributed by atoms with Gasteiger partial charge in [0.15, 0.2) is 0 Å². The van der Waals surface area contributed by atoms with Gasteiger partial charge in [0, 0.05) is 0 Å². The first kappa shape index (κ1) is 17.0. The highest BCUT2D eigenvalue weighted by atomic mass is 32.2. The Kier molecular flexibility index (Phi) is 5.34. The largest absolute Gasteiger partial charge is 0.337 e. The predicted octanol–water partition coefficient (Wildman–Crippen LogP) is 1.81. The zero-order valence-electron chi connectivity index (χ0n) is 13.2. The fourth-order valence-corrected chi connectivity index (χ4v) is 2.45. The summed E-state index contributed by atoms with van der Waals surface area (Å²) in [5, 5.41) is 24.1. The van der Waals surface area contributed by atoms with Crippen LogP contribution in [0.5, 0.6) is 0 Å². The van der Waals surface area contributed by atoms with Crippen LogP contribution in [-0.2, 0) is 4.79 Å². The molecule has 1 unspecified atom stereocenters. The molecule has 0 bridgehead atoms. The molecule has 1 aromatic carbocycles. The summed E-state index contributed by atoms with van der Waals surface area (Å²) in [5.41, 5.74) is -0.0624. The number of para-hydroxylation sites is 1. The third-order valence-corrected chi connectivity index (χ3v) is 4.48. The van der Waals surface area contributed by atoms with Gasteiger partial charge in [-0.3, -0.25) is 4.79 Å². The summed E-state index contributed by atoms with van der Waals surface area (Å²) in [6.07, 6.45) is 0. The van der Waals surface area contributed by atoms with Gasteiger partial charge in [0.2, 0.25) is 11.1 Å². The molecule has 0 saturated heterocycles. The van der Waals surface area contributed by atoms with E-state index in [1.807, 2.05) is 44.2 Å². The molecular weight excluding hydrogens is 312 g/mol. The highest BCUT2D eigenvalue weighted by Gasteiger charge is 2.30. The molecule has 1 atom stereocenters. The molecule has 23 heavy (non-hydrogen) atoms. The van der Waals surface area contributed by atoms with Crippen LogP contribution in [0.15, 0.2) is 35.5 Å². The Labute approximate surface area is 139 Å². The Balaban J connectivity index is 2.02. The lowest BCUT2D eigenvalue weighted by Gasteiger charge is -2.27. The maximum atomic E-state index is 12.1.